The molecule has 0 aliphatic rings. The summed E-state index contributed by atoms with van der Waals surface area (Å²) >= 11 is 0. The smallest absolute Gasteiger partial charge is 0.271 e. The van der Waals surface area contributed by atoms with Crippen LogP contribution in [0.1, 0.15) is 27.0 Å². The predicted molar refractivity (Wildman–Crippen MR) is 119 cm³/mol. The lowest BCUT2D eigenvalue weighted by Gasteiger charge is -2.08. The molecule has 5 nitrogen and oxygen atoms in total. The molecule has 152 valence electrons. The Kier molecular flexibility index (Phi) is 7.39. The lowest BCUT2D eigenvalue weighted by molar-refractivity contribution is 0.0955. The molecule has 30 heavy (non-hydrogen) atoms. The summed E-state index contributed by atoms with van der Waals surface area (Å²) in [6.07, 6.45) is 3.22. The maximum Gasteiger partial charge on any atom is 0.271 e. The van der Waals surface area contributed by atoms with E-state index < -0.39 is 0 Å². The number of nitrogens with one attached hydrogen (secondary N) is 1. The molecule has 0 bridgehead atoms. The second kappa shape index (κ2) is 10.6. The maximum atomic E-state index is 12.3. The molecule has 0 aromatic heterocycles. The Balaban J connectivity index is 1.54. The van der Waals surface area contributed by atoms with Gasteiger partial charge in [0.15, 0.2) is 0 Å². The summed E-state index contributed by atoms with van der Waals surface area (Å²) in [6, 6.07) is 22.6. The van der Waals surface area contributed by atoms with Gasteiger partial charge in [0.25, 0.3) is 5.91 Å². The number of para-hydroxylation sites is 1. The molecule has 1 N–H and O–H groups in total. The number of rotatable bonds is 9. The third-order valence-electron chi connectivity index (χ3n) is 4.29. The summed E-state index contributed by atoms with van der Waals surface area (Å²) in [5.41, 5.74) is 6.09. The van der Waals surface area contributed by atoms with Gasteiger partial charge in [-0.3, -0.25) is 4.79 Å². The average molecular weight is 400 g/mol. The summed E-state index contributed by atoms with van der Waals surface area (Å²) in [7, 11) is 0. The van der Waals surface area contributed by atoms with Crippen LogP contribution in [0.3, 0.4) is 0 Å². The molecule has 5 heteroatoms. The number of hydrogen-bond donors (Lipinski definition) is 1. The normalized spacial score (nSPS) is 10.6. The molecule has 0 saturated carbocycles. The Morgan fingerprint density at radius 2 is 1.73 bits per heavy atom. The van der Waals surface area contributed by atoms with Gasteiger partial charge in [0.2, 0.25) is 0 Å². The molecule has 0 heterocycles. The second-order valence-corrected chi connectivity index (χ2v) is 6.64. The molecule has 0 aliphatic heterocycles. The molecule has 0 spiro atoms. The van der Waals surface area contributed by atoms with Gasteiger partial charge in [0.05, 0.1) is 6.21 Å². The zero-order valence-electron chi connectivity index (χ0n) is 16.9. The highest BCUT2D eigenvalue weighted by Crippen LogP contribution is 2.16. The fourth-order valence-corrected chi connectivity index (χ4v) is 2.65. The minimum Gasteiger partial charge on any atom is -0.489 e. The van der Waals surface area contributed by atoms with Gasteiger partial charge < -0.3 is 9.47 Å². The minimum atomic E-state index is -0.305. The number of hydrazone groups is 1. The Labute approximate surface area is 176 Å². The number of aryl methyl sites for hydroxylation is 1. The number of amides is 1. The molecule has 3 rings (SSSR count). The Bertz CT molecular complexity index is 1010. The van der Waals surface area contributed by atoms with E-state index in [1.165, 1.54) is 5.56 Å². The van der Waals surface area contributed by atoms with E-state index in [1.54, 1.807) is 36.6 Å². The maximum absolute atomic E-state index is 12.3. The monoisotopic (exact) mass is 400 g/mol. The van der Waals surface area contributed by atoms with Crippen molar-refractivity contribution >= 4 is 12.1 Å². The van der Waals surface area contributed by atoms with Crippen molar-refractivity contribution in [2.45, 2.75) is 13.5 Å². The zero-order chi connectivity index (χ0) is 21.2. The molecular weight excluding hydrogens is 376 g/mol. The van der Waals surface area contributed by atoms with Gasteiger partial charge in [-0.25, -0.2) is 5.43 Å². The molecule has 3 aromatic rings. The van der Waals surface area contributed by atoms with E-state index in [9.17, 15) is 4.79 Å². The SMILES string of the molecule is C=CCOc1ccccc1C=NNC(=O)c1ccc(OCc2ccc(C)cc2)cc1. The van der Waals surface area contributed by atoms with E-state index in [4.69, 9.17) is 9.47 Å². The summed E-state index contributed by atoms with van der Waals surface area (Å²) in [4.78, 5) is 12.3. The molecule has 0 radical (unpaired) electrons. The molecule has 0 saturated heterocycles. The van der Waals surface area contributed by atoms with Gasteiger partial charge in [-0.2, -0.15) is 5.10 Å². The van der Waals surface area contributed by atoms with Crippen molar-refractivity contribution in [3.8, 4) is 11.5 Å². The van der Waals surface area contributed by atoms with Gasteiger partial charge in [0.1, 0.15) is 24.7 Å². The van der Waals surface area contributed by atoms with Crippen LogP contribution >= 0.6 is 0 Å². The van der Waals surface area contributed by atoms with Gasteiger partial charge in [-0.1, -0.05) is 54.6 Å². The van der Waals surface area contributed by atoms with Crippen LogP contribution in [0.25, 0.3) is 0 Å². The first-order valence-electron chi connectivity index (χ1n) is 9.60. The van der Waals surface area contributed by atoms with Crippen molar-refractivity contribution in [3.05, 3.63) is 108 Å². The van der Waals surface area contributed by atoms with Crippen molar-refractivity contribution in [1.29, 1.82) is 0 Å². The molecule has 0 atom stereocenters. The van der Waals surface area contributed by atoms with Crippen LogP contribution < -0.4 is 14.9 Å². The fraction of sp³-hybridized carbons (Fsp3) is 0.120. The molecule has 0 fully saturated rings. The van der Waals surface area contributed by atoms with Gasteiger partial charge in [-0.15, -0.1) is 0 Å². The first-order chi connectivity index (χ1) is 14.7. The van der Waals surface area contributed by atoms with Gasteiger partial charge >= 0.3 is 0 Å². The number of carbonyl (C=O) groups is 1. The summed E-state index contributed by atoms with van der Waals surface area (Å²) in [6.45, 7) is 6.56. The highest BCUT2D eigenvalue weighted by molar-refractivity contribution is 5.95. The Morgan fingerprint density at radius 1 is 1.00 bits per heavy atom. The standard InChI is InChI=1S/C25H24N2O3/c1-3-16-29-24-7-5-4-6-22(24)17-26-27-25(28)21-12-14-23(15-13-21)30-18-20-10-8-19(2)9-11-20/h3-15,17H,1,16,18H2,2H3,(H,27,28). The molecule has 1 amide bonds. The fourth-order valence-electron chi connectivity index (χ4n) is 2.65. The Morgan fingerprint density at radius 3 is 2.47 bits per heavy atom. The third-order valence-corrected chi connectivity index (χ3v) is 4.29. The summed E-state index contributed by atoms with van der Waals surface area (Å²) < 4.78 is 11.3. The van der Waals surface area contributed by atoms with E-state index in [1.807, 2.05) is 43.3 Å². The first kappa shape index (κ1) is 20.9. The summed E-state index contributed by atoms with van der Waals surface area (Å²) in [5, 5.41) is 4.03. The minimum absolute atomic E-state index is 0.305. The van der Waals surface area contributed by atoms with Crippen molar-refractivity contribution in [1.82, 2.24) is 5.43 Å². The van der Waals surface area contributed by atoms with Crippen LogP contribution in [0.5, 0.6) is 11.5 Å². The predicted octanol–water partition coefficient (Wildman–Crippen LogP) is 4.90. The Hall–Kier alpha value is -3.86. The van der Waals surface area contributed by atoms with E-state index in [0.717, 1.165) is 11.1 Å². The average Bonchev–Trinajstić information content (AvgIpc) is 2.78. The number of carbonyl (C=O) groups excluding carboxylic acids is 1. The molecule has 0 aliphatic carbocycles. The molecule has 0 unspecified atom stereocenters. The van der Waals surface area contributed by atoms with Crippen LogP contribution in [0.4, 0.5) is 0 Å². The van der Waals surface area contributed by atoms with Gasteiger partial charge in [0, 0.05) is 11.1 Å². The second-order valence-electron chi connectivity index (χ2n) is 6.64. The van der Waals surface area contributed by atoms with Crippen LogP contribution in [-0.2, 0) is 6.61 Å². The van der Waals surface area contributed by atoms with Crippen LogP contribution in [-0.4, -0.2) is 18.7 Å². The van der Waals surface area contributed by atoms with E-state index >= 15 is 0 Å². The lowest BCUT2D eigenvalue weighted by atomic mass is 10.2. The van der Waals surface area contributed by atoms with Crippen molar-refractivity contribution in [2.24, 2.45) is 5.10 Å². The summed E-state index contributed by atoms with van der Waals surface area (Å²) in [5.74, 6) is 1.07. The van der Waals surface area contributed by atoms with E-state index in [2.05, 4.69) is 29.2 Å². The van der Waals surface area contributed by atoms with Crippen LogP contribution in [0, 0.1) is 6.92 Å². The van der Waals surface area contributed by atoms with Crippen molar-refractivity contribution in [3.63, 3.8) is 0 Å². The quantitative estimate of drug-likeness (QED) is 0.316. The highest BCUT2D eigenvalue weighted by Gasteiger charge is 2.05. The van der Waals surface area contributed by atoms with Crippen molar-refractivity contribution in [2.75, 3.05) is 6.61 Å². The number of nitrogens with zero attached hydrogens (tertiary/aromatic N) is 1. The zero-order valence-corrected chi connectivity index (χ0v) is 16.9. The van der Waals surface area contributed by atoms with Crippen LogP contribution in [0.2, 0.25) is 0 Å². The molecule has 3 aromatic carbocycles. The lowest BCUT2D eigenvalue weighted by Crippen LogP contribution is -2.17. The van der Waals surface area contributed by atoms with Crippen molar-refractivity contribution < 1.29 is 14.3 Å². The topological polar surface area (TPSA) is 59.9 Å². The third kappa shape index (κ3) is 6.07. The first-order valence-corrected chi connectivity index (χ1v) is 9.60. The van der Waals surface area contributed by atoms with E-state index in [0.29, 0.717) is 30.3 Å². The number of hydrogen-bond acceptors (Lipinski definition) is 4. The van der Waals surface area contributed by atoms with Crippen LogP contribution in [0.15, 0.2) is 90.6 Å². The highest BCUT2D eigenvalue weighted by atomic mass is 16.5. The number of ether oxygens (including phenoxy) is 2. The van der Waals surface area contributed by atoms with E-state index in [-0.39, 0.29) is 5.91 Å². The van der Waals surface area contributed by atoms with Gasteiger partial charge in [-0.05, 0) is 48.9 Å². The number of benzene rings is 3. The largest absolute Gasteiger partial charge is 0.489 e. The molecular formula is C25H24N2O3.